The third kappa shape index (κ3) is 4.80. The van der Waals surface area contributed by atoms with E-state index in [1.807, 2.05) is 26.2 Å². The molecule has 0 radical (unpaired) electrons. The Kier molecular flexibility index (Phi) is 6.88. The molecule has 2 amide bonds. The molecule has 8 nitrogen and oxygen atoms in total. The first-order valence-corrected chi connectivity index (χ1v) is 15.7. The monoisotopic (exact) mass is 603 g/mol. The highest BCUT2D eigenvalue weighted by atomic mass is 35.5. The summed E-state index contributed by atoms with van der Waals surface area (Å²) in [6.07, 6.45) is 6.10. The van der Waals surface area contributed by atoms with E-state index in [9.17, 15) is 18.8 Å². The lowest BCUT2D eigenvalue weighted by Crippen LogP contribution is -2.70. The Morgan fingerprint density at radius 2 is 1.78 bits per heavy atom. The van der Waals surface area contributed by atoms with Crippen LogP contribution in [0, 0.1) is 25.2 Å². The van der Waals surface area contributed by atoms with Gasteiger partial charge < -0.3 is 25.1 Å². The van der Waals surface area contributed by atoms with Crippen molar-refractivity contribution in [2.24, 2.45) is 11.3 Å². The number of alkyl halides is 1. The lowest BCUT2D eigenvalue weighted by atomic mass is 9.42. The number of halogens is 2. The number of aryl methyl sites for hydroxylation is 1. The Labute approximate surface area is 247 Å². The number of carbonyl (C=O) groups excluding carboxylic acids is 2. The molecule has 4 fully saturated rings. The number of pyridine rings is 1. The zero-order valence-electron chi connectivity index (χ0n) is 23.7. The van der Waals surface area contributed by atoms with Gasteiger partial charge in [0.15, 0.2) is 11.5 Å². The molecule has 1 unspecified atom stereocenters. The van der Waals surface area contributed by atoms with Crippen LogP contribution in [0.3, 0.4) is 0 Å². The number of hydrogen-bond donors (Lipinski definition) is 3. The SMILES string of the molecule is CSc1cc(C)[nH]c(=O)c1CNC(=O)c1cc(Cl)c2c(c1C)OC(C)(C1CCC(NC(=O)C34CC(F)(C3)C4)CC1)O2. The molecule has 1 aromatic heterocycles. The lowest BCUT2D eigenvalue weighted by molar-refractivity contribution is -0.214. The number of hydrogen-bond acceptors (Lipinski definition) is 6. The molecule has 11 heteroatoms. The fourth-order valence-electron chi connectivity index (χ4n) is 7.05. The van der Waals surface area contributed by atoms with Crippen LogP contribution in [0.2, 0.25) is 5.02 Å². The van der Waals surface area contributed by atoms with Crippen molar-refractivity contribution in [2.45, 2.75) is 94.7 Å². The van der Waals surface area contributed by atoms with Crippen LogP contribution >= 0.6 is 23.4 Å². The standard InChI is InChI=1S/C30H35ClFN3O5S/c1-15-9-22(41-4)20(26(37)34-15)11-33-25(36)19-10-21(31)24-23(16(19)2)39-28(3,40-24)17-5-7-18(8-6-17)35-27(38)29-12-30(32,13-29)14-29/h9-10,17-18H,5-8,11-14H2,1-4H3,(H,33,36)(H,34,37)(H,35,38). The van der Waals surface area contributed by atoms with Crippen LogP contribution in [0.5, 0.6) is 11.5 Å². The molecular weight excluding hydrogens is 569 g/mol. The van der Waals surface area contributed by atoms with Crippen LogP contribution in [0.4, 0.5) is 4.39 Å². The minimum absolute atomic E-state index is 0.00247. The maximum Gasteiger partial charge on any atom is 0.254 e. The largest absolute Gasteiger partial charge is 0.448 e. The number of fused-ring (bicyclic) bond motifs is 1. The summed E-state index contributed by atoms with van der Waals surface area (Å²) in [7, 11) is 0. The molecule has 5 aliphatic rings. The number of rotatable bonds is 7. The molecule has 4 aliphatic carbocycles. The molecular formula is C30H35ClFN3O5S. The zero-order valence-corrected chi connectivity index (χ0v) is 25.2. The summed E-state index contributed by atoms with van der Waals surface area (Å²) >= 11 is 8.06. The zero-order chi connectivity index (χ0) is 29.3. The van der Waals surface area contributed by atoms with E-state index in [-0.39, 0.29) is 40.9 Å². The molecule has 3 N–H and O–H groups in total. The third-order valence-electron chi connectivity index (χ3n) is 9.42. The van der Waals surface area contributed by atoms with E-state index in [0.29, 0.717) is 47.5 Å². The molecule has 2 aromatic rings. The van der Waals surface area contributed by atoms with Gasteiger partial charge in [-0.25, -0.2) is 4.39 Å². The first kappa shape index (κ1) is 28.4. The summed E-state index contributed by atoms with van der Waals surface area (Å²) in [6, 6.07) is 3.52. The van der Waals surface area contributed by atoms with Gasteiger partial charge in [-0.2, -0.15) is 0 Å². The highest BCUT2D eigenvalue weighted by Crippen LogP contribution is 2.69. The van der Waals surface area contributed by atoms with Crippen molar-refractivity contribution in [1.29, 1.82) is 0 Å². The minimum atomic E-state index is -1.09. The van der Waals surface area contributed by atoms with Crippen molar-refractivity contribution in [2.75, 3.05) is 6.26 Å². The maximum atomic E-state index is 13.9. The molecule has 1 aromatic carbocycles. The van der Waals surface area contributed by atoms with E-state index < -0.39 is 16.9 Å². The predicted molar refractivity (Wildman–Crippen MR) is 155 cm³/mol. The molecule has 0 saturated heterocycles. The van der Waals surface area contributed by atoms with Gasteiger partial charge in [0, 0.05) is 52.7 Å². The molecule has 4 saturated carbocycles. The predicted octanol–water partition coefficient (Wildman–Crippen LogP) is 5.35. The van der Waals surface area contributed by atoms with Crippen LogP contribution in [-0.4, -0.2) is 40.6 Å². The summed E-state index contributed by atoms with van der Waals surface area (Å²) in [5.41, 5.74) is 0.429. The highest BCUT2D eigenvalue weighted by Gasteiger charge is 2.72. The van der Waals surface area contributed by atoms with Crippen molar-refractivity contribution in [3.05, 3.63) is 49.9 Å². The lowest BCUT2D eigenvalue weighted by Gasteiger charge is -2.64. The van der Waals surface area contributed by atoms with Gasteiger partial charge in [0.25, 0.3) is 17.3 Å². The number of H-pyrrole nitrogens is 1. The third-order valence-corrected chi connectivity index (χ3v) is 10.5. The van der Waals surface area contributed by atoms with Crippen molar-refractivity contribution in [3.8, 4) is 11.5 Å². The number of aromatic nitrogens is 1. The molecule has 7 rings (SSSR count). The van der Waals surface area contributed by atoms with Gasteiger partial charge in [-0.1, -0.05) is 11.6 Å². The van der Waals surface area contributed by atoms with E-state index in [1.165, 1.54) is 11.8 Å². The molecule has 0 spiro atoms. The Hall–Kier alpha value is -2.72. The van der Waals surface area contributed by atoms with Crippen molar-refractivity contribution < 1.29 is 23.5 Å². The molecule has 1 atom stereocenters. The van der Waals surface area contributed by atoms with Crippen LogP contribution in [0.15, 0.2) is 21.8 Å². The van der Waals surface area contributed by atoms with Crippen LogP contribution < -0.4 is 25.7 Å². The van der Waals surface area contributed by atoms with Crippen LogP contribution in [0.25, 0.3) is 0 Å². The second-order valence-corrected chi connectivity index (χ2v) is 13.7. The fraction of sp³-hybridized carbons (Fsp3) is 0.567. The average molecular weight is 604 g/mol. The van der Waals surface area contributed by atoms with Crippen LogP contribution in [0.1, 0.15) is 79.0 Å². The number of carbonyl (C=O) groups is 2. The Morgan fingerprint density at radius 1 is 1.12 bits per heavy atom. The number of amides is 2. The van der Waals surface area contributed by atoms with E-state index >= 15 is 0 Å². The molecule has 1 aliphatic heterocycles. The topological polar surface area (TPSA) is 110 Å². The molecule has 2 bridgehead atoms. The van der Waals surface area contributed by atoms with Gasteiger partial charge in [0.05, 0.1) is 10.4 Å². The van der Waals surface area contributed by atoms with E-state index in [0.717, 1.165) is 36.3 Å². The van der Waals surface area contributed by atoms with Gasteiger partial charge in [-0.15, -0.1) is 11.8 Å². The first-order chi connectivity index (χ1) is 19.4. The van der Waals surface area contributed by atoms with Gasteiger partial charge in [0.2, 0.25) is 5.91 Å². The summed E-state index contributed by atoms with van der Waals surface area (Å²) in [5, 5.41) is 6.29. The molecule has 41 heavy (non-hydrogen) atoms. The highest BCUT2D eigenvalue weighted by molar-refractivity contribution is 7.98. The molecule has 2 heterocycles. The smallest absolute Gasteiger partial charge is 0.254 e. The quantitative estimate of drug-likeness (QED) is 0.368. The Balaban J connectivity index is 1.10. The number of nitrogens with one attached hydrogen (secondary N) is 3. The van der Waals surface area contributed by atoms with Gasteiger partial charge in [-0.3, -0.25) is 14.4 Å². The Morgan fingerprint density at radius 3 is 2.41 bits per heavy atom. The number of aromatic amines is 1. The second-order valence-electron chi connectivity index (χ2n) is 12.4. The minimum Gasteiger partial charge on any atom is -0.448 e. The fourth-order valence-corrected chi connectivity index (χ4v) is 7.99. The normalized spacial score (nSPS) is 31.2. The summed E-state index contributed by atoms with van der Waals surface area (Å²) in [5.74, 6) is -0.410. The van der Waals surface area contributed by atoms with Crippen LogP contribution in [-0.2, 0) is 11.3 Å². The van der Waals surface area contributed by atoms with E-state index in [1.54, 1.807) is 13.0 Å². The number of thioether (sulfide) groups is 1. The van der Waals surface area contributed by atoms with Crippen molar-refractivity contribution >= 4 is 35.2 Å². The van der Waals surface area contributed by atoms with E-state index in [4.69, 9.17) is 21.1 Å². The summed E-state index contributed by atoms with van der Waals surface area (Å²) in [6.45, 7) is 5.58. The first-order valence-electron chi connectivity index (χ1n) is 14.1. The molecule has 220 valence electrons. The Bertz CT molecular complexity index is 1480. The van der Waals surface area contributed by atoms with Crippen molar-refractivity contribution in [3.63, 3.8) is 0 Å². The van der Waals surface area contributed by atoms with Gasteiger partial charge in [-0.05, 0) is 77.2 Å². The average Bonchev–Trinajstić information content (AvgIpc) is 3.27. The van der Waals surface area contributed by atoms with Crippen molar-refractivity contribution in [1.82, 2.24) is 15.6 Å². The van der Waals surface area contributed by atoms with E-state index in [2.05, 4.69) is 15.6 Å². The summed E-state index contributed by atoms with van der Waals surface area (Å²) < 4.78 is 26.6. The summed E-state index contributed by atoms with van der Waals surface area (Å²) in [4.78, 5) is 42.0. The van der Waals surface area contributed by atoms with Gasteiger partial charge in [0.1, 0.15) is 5.67 Å². The number of benzene rings is 1. The van der Waals surface area contributed by atoms with Gasteiger partial charge >= 0.3 is 0 Å². The number of ether oxygens (including phenoxy) is 2. The maximum absolute atomic E-state index is 13.9. The second kappa shape index (κ2) is 9.93.